The first-order chi connectivity index (χ1) is 6.65. The standard InChI is InChI=1S/C11H21N3/c1-5-6-11-8-7-10(4)14(9(2)3)13-12-11/h8-10H,5-7H2,1-4H3. The summed E-state index contributed by atoms with van der Waals surface area (Å²) in [4.78, 5) is 0. The average Bonchev–Trinajstić information content (AvgIpc) is 2.29. The fourth-order valence-corrected chi connectivity index (χ4v) is 1.67. The molecule has 1 unspecified atom stereocenters. The van der Waals surface area contributed by atoms with Crippen LogP contribution in [0.4, 0.5) is 0 Å². The SMILES string of the molecule is CCCC1=CCC(C)N(C(C)C)N=N1. The van der Waals surface area contributed by atoms with Gasteiger partial charge in [-0.1, -0.05) is 24.6 Å². The molecule has 0 radical (unpaired) electrons. The third-order valence-electron chi connectivity index (χ3n) is 2.46. The first-order valence-corrected chi connectivity index (χ1v) is 5.54. The molecule has 3 heteroatoms. The molecule has 0 fully saturated rings. The monoisotopic (exact) mass is 195 g/mol. The fraction of sp³-hybridized carbons (Fsp3) is 0.818. The van der Waals surface area contributed by atoms with Gasteiger partial charge in [-0.3, -0.25) is 5.01 Å². The van der Waals surface area contributed by atoms with Crippen LogP contribution in [0.5, 0.6) is 0 Å². The van der Waals surface area contributed by atoms with E-state index in [0.29, 0.717) is 12.1 Å². The van der Waals surface area contributed by atoms with Crippen molar-refractivity contribution < 1.29 is 0 Å². The molecule has 14 heavy (non-hydrogen) atoms. The lowest BCUT2D eigenvalue weighted by molar-refractivity contribution is 0.161. The number of hydrogen-bond donors (Lipinski definition) is 0. The second kappa shape index (κ2) is 5.13. The Hall–Kier alpha value is -0.860. The summed E-state index contributed by atoms with van der Waals surface area (Å²) in [6.07, 6.45) is 5.46. The van der Waals surface area contributed by atoms with Crippen LogP contribution >= 0.6 is 0 Å². The molecule has 80 valence electrons. The molecule has 0 saturated carbocycles. The Bertz CT molecular complexity index is 231. The Morgan fingerprint density at radius 1 is 1.57 bits per heavy atom. The van der Waals surface area contributed by atoms with Gasteiger partial charge in [0, 0.05) is 12.1 Å². The molecule has 0 spiro atoms. The molecule has 1 aliphatic heterocycles. The smallest absolute Gasteiger partial charge is 0.0608 e. The predicted octanol–water partition coefficient (Wildman–Crippen LogP) is 3.54. The zero-order chi connectivity index (χ0) is 10.6. The molecule has 0 aliphatic carbocycles. The van der Waals surface area contributed by atoms with Crippen molar-refractivity contribution in [2.24, 2.45) is 10.3 Å². The van der Waals surface area contributed by atoms with Crippen molar-refractivity contribution >= 4 is 0 Å². The van der Waals surface area contributed by atoms with Crippen molar-refractivity contribution in [2.45, 2.75) is 59.0 Å². The van der Waals surface area contributed by atoms with E-state index in [-0.39, 0.29) is 0 Å². The Morgan fingerprint density at radius 3 is 2.86 bits per heavy atom. The van der Waals surface area contributed by atoms with Crippen molar-refractivity contribution in [3.63, 3.8) is 0 Å². The van der Waals surface area contributed by atoms with Crippen LogP contribution in [-0.4, -0.2) is 17.1 Å². The van der Waals surface area contributed by atoms with E-state index < -0.39 is 0 Å². The van der Waals surface area contributed by atoms with Gasteiger partial charge in [0.25, 0.3) is 0 Å². The third-order valence-corrected chi connectivity index (χ3v) is 2.46. The van der Waals surface area contributed by atoms with Gasteiger partial charge in [-0.05, 0) is 33.6 Å². The van der Waals surface area contributed by atoms with Gasteiger partial charge in [0.1, 0.15) is 0 Å². The fourth-order valence-electron chi connectivity index (χ4n) is 1.67. The van der Waals surface area contributed by atoms with E-state index in [4.69, 9.17) is 0 Å². The largest absolute Gasteiger partial charge is 0.273 e. The quantitative estimate of drug-likeness (QED) is 0.677. The minimum absolute atomic E-state index is 0.433. The van der Waals surface area contributed by atoms with E-state index in [1.807, 2.05) is 0 Å². The van der Waals surface area contributed by atoms with Crippen LogP contribution in [0.25, 0.3) is 0 Å². The van der Waals surface area contributed by atoms with Crippen molar-refractivity contribution in [2.75, 3.05) is 0 Å². The molecule has 0 aromatic heterocycles. The highest BCUT2D eigenvalue weighted by molar-refractivity contribution is 5.01. The summed E-state index contributed by atoms with van der Waals surface area (Å²) < 4.78 is 0. The first kappa shape index (κ1) is 11.2. The van der Waals surface area contributed by atoms with Gasteiger partial charge in [0.15, 0.2) is 0 Å². The maximum Gasteiger partial charge on any atom is 0.0608 e. The maximum absolute atomic E-state index is 4.29. The maximum atomic E-state index is 4.29. The Labute approximate surface area is 86.9 Å². The van der Waals surface area contributed by atoms with E-state index in [2.05, 4.69) is 49.1 Å². The van der Waals surface area contributed by atoms with Gasteiger partial charge in [-0.25, -0.2) is 0 Å². The zero-order valence-corrected chi connectivity index (χ0v) is 9.70. The van der Waals surface area contributed by atoms with Gasteiger partial charge >= 0.3 is 0 Å². The van der Waals surface area contributed by atoms with Crippen molar-refractivity contribution in [1.82, 2.24) is 5.01 Å². The molecule has 0 aromatic rings. The third kappa shape index (κ3) is 2.82. The van der Waals surface area contributed by atoms with E-state index in [0.717, 1.165) is 25.0 Å². The number of nitrogens with zero attached hydrogens (tertiary/aromatic N) is 3. The van der Waals surface area contributed by atoms with Crippen LogP contribution in [0.3, 0.4) is 0 Å². The summed E-state index contributed by atoms with van der Waals surface area (Å²) in [5.41, 5.74) is 1.14. The van der Waals surface area contributed by atoms with Crippen LogP contribution < -0.4 is 0 Å². The second-order valence-electron chi connectivity index (χ2n) is 4.19. The molecule has 1 heterocycles. The Balaban J connectivity index is 2.68. The topological polar surface area (TPSA) is 28.0 Å². The first-order valence-electron chi connectivity index (χ1n) is 5.54. The van der Waals surface area contributed by atoms with Gasteiger partial charge in [0.05, 0.1) is 5.70 Å². The van der Waals surface area contributed by atoms with Gasteiger partial charge in [0.2, 0.25) is 0 Å². The molecule has 0 amide bonds. The summed E-state index contributed by atoms with van der Waals surface area (Å²) >= 11 is 0. The zero-order valence-electron chi connectivity index (χ0n) is 9.70. The summed E-state index contributed by atoms with van der Waals surface area (Å²) in [6.45, 7) is 8.68. The van der Waals surface area contributed by atoms with E-state index in [1.54, 1.807) is 0 Å². The van der Waals surface area contributed by atoms with Gasteiger partial charge in [-0.2, -0.15) is 0 Å². The van der Waals surface area contributed by atoms with Crippen molar-refractivity contribution in [3.05, 3.63) is 11.8 Å². The Morgan fingerprint density at radius 2 is 2.29 bits per heavy atom. The minimum Gasteiger partial charge on any atom is -0.273 e. The normalized spacial score (nSPS) is 22.5. The van der Waals surface area contributed by atoms with Crippen molar-refractivity contribution in [1.29, 1.82) is 0 Å². The molecular weight excluding hydrogens is 174 g/mol. The lowest BCUT2D eigenvalue weighted by Gasteiger charge is -2.26. The average molecular weight is 195 g/mol. The predicted molar refractivity (Wildman–Crippen MR) is 58.9 cm³/mol. The van der Waals surface area contributed by atoms with E-state index in [9.17, 15) is 0 Å². The molecule has 1 atom stereocenters. The molecule has 0 N–H and O–H groups in total. The van der Waals surface area contributed by atoms with E-state index in [1.165, 1.54) is 0 Å². The van der Waals surface area contributed by atoms with Gasteiger partial charge in [-0.15, -0.1) is 5.11 Å². The molecule has 1 rings (SSSR count). The summed E-state index contributed by atoms with van der Waals surface area (Å²) in [5.74, 6) is 0. The summed E-state index contributed by atoms with van der Waals surface area (Å²) in [6, 6.07) is 0.899. The summed E-state index contributed by atoms with van der Waals surface area (Å²) in [5, 5.41) is 10.7. The molecular formula is C11H21N3. The highest BCUT2D eigenvalue weighted by Gasteiger charge is 2.16. The molecule has 0 saturated heterocycles. The number of hydrogen-bond acceptors (Lipinski definition) is 3. The molecule has 0 bridgehead atoms. The molecule has 0 aromatic carbocycles. The number of rotatable bonds is 3. The Kier molecular flexibility index (Phi) is 4.11. The van der Waals surface area contributed by atoms with E-state index >= 15 is 0 Å². The summed E-state index contributed by atoms with van der Waals surface area (Å²) in [7, 11) is 0. The highest BCUT2D eigenvalue weighted by atomic mass is 15.6. The second-order valence-corrected chi connectivity index (χ2v) is 4.19. The van der Waals surface area contributed by atoms with Crippen LogP contribution in [-0.2, 0) is 0 Å². The lowest BCUT2D eigenvalue weighted by Crippen LogP contribution is -2.32. The number of allylic oxidation sites excluding steroid dienone is 1. The van der Waals surface area contributed by atoms with Crippen LogP contribution in [0.15, 0.2) is 22.1 Å². The van der Waals surface area contributed by atoms with Crippen LogP contribution in [0.2, 0.25) is 0 Å². The van der Waals surface area contributed by atoms with Crippen molar-refractivity contribution in [3.8, 4) is 0 Å². The van der Waals surface area contributed by atoms with Gasteiger partial charge < -0.3 is 0 Å². The highest BCUT2D eigenvalue weighted by Crippen LogP contribution is 2.19. The minimum atomic E-state index is 0.433. The lowest BCUT2D eigenvalue weighted by atomic mass is 10.1. The van der Waals surface area contributed by atoms with Crippen LogP contribution in [0, 0.1) is 0 Å². The molecule has 3 nitrogen and oxygen atoms in total. The van der Waals surface area contributed by atoms with Crippen LogP contribution in [0.1, 0.15) is 47.0 Å². The molecule has 1 aliphatic rings.